The summed E-state index contributed by atoms with van der Waals surface area (Å²) in [6, 6.07) is 6.24. The van der Waals surface area contributed by atoms with Gasteiger partial charge in [-0.1, -0.05) is 18.9 Å². The molecule has 3 nitrogen and oxygen atoms in total. The predicted octanol–water partition coefficient (Wildman–Crippen LogP) is 3.64. The Kier molecular flexibility index (Phi) is 4.87. The van der Waals surface area contributed by atoms with E-state index >= 15 is 0 Å². The fraction of sp³-hybridized carbons (Fsp3) is 0.647. The molecule has 0 unspecified atom stereocenters. The highest BCUT2D eigenvalue weighted by Crippen LogP contribution is 2.35. The van der Waals surface area contributed by atoms with Gasteiger partial charge in [-0.05, 0) is 78.3 Å². The van der Waals surface area contributed by atoms with Gasteiger partial charge in [0.2, 0.25) is 0 Å². The maximum Gasteiger partial charge on any atom is 0.129 e. The molecule has 116 valence electrons. The average molecular weight is 354 g/mol. The van der Waals surface area contributed by atoms with Crippen LogP contribution in [0.25, 0.3) is 0 Å². The van der Waals surface area contributed by atoms with Crippen LogP contribution in [0.5, 0.6) is 5.75 Å². The maximum absolute atomic E-state index is 10.2. The van der Waals surface area contributed by atoms with Gasteiger partial charge in [-0.15, -0.1) is 0 Å². The third-order valence-corrected chi connectivity index (χ3v) is 5.77. The van der Waals surface area contributed by atoms with E-state index in [9.17, 15) is 10.2 Å². The highest BCUT2D eigenvalue weighted by molar-refractivity contribution is 9.10. The second-order valence-corrected chi connectivity index (χ2v) is 7.29. The number of hydrogen-bond donors (Lipinski definition) is 2. The summed E-state index contributed by atoms with van der Waals surface area (Å²) < 4.78 is 0.783. The Morgan fingerprint density at radius 2 is 1.76 bits per heavy atom. The van der Waals surface area contributed by atoms with Crippen LogP contribution in [-0.4, -0.2) is 40.3 Å². The van der Waals surface area contributed by atoms with Gasteiger partial charge >= 0.3 is 0 Å². The minimum absolute atomic E-state index is 0.127. The minimum atomic E-state index is -0.127. The lowest BCUT2D eigenvalue weighted by molar-refractivity contribution is 0.00870. The van der Waals surface area contributed by atoms with Crippen molar-refractivity contribution in [1.29, 1.82) is 0 Å². The fourth-order valence-electron chi connectivity index (χ4n) is 3.86. The Morgan fingerprint density at radius 3 is 2.43 bits per heavy atom. The molecule has 2 fully saturated rings. The van der Waals surface area contributed by atoms with Crippen molar-refractivity contribution in [3.8, 4) is 5.75 Å². The molecule has 0 amide bonds. The van der Waals surface area contributed by atoms with Crippen LogP contribution in [0.4, 0.5) is 0 Å². The molecule has 2 aliphatic rings. The van der Waals surface area contributed by atoms with Crippen LogP contribution < -0.4 is 0 Å². The molecule has 0 radical (unpaired) electrons. The van der Waals surface area contributed by atoms with Crippen molar-refractivity contribution >= 4 is 15.9 Å². The van der Waals surface area contributed by atoms with Crippen LogP contribution in [0.1, 0.15) is 50.0 Å². The van der Waals surface area contributed by atoms with E-state index in [0.717, 1.165) is 43.2 Å². The number of aliphatic hydroxyl groups excluding tert-OH is 1. The molecule has 4 heteroatoms. The molecule has 21 heavy (non-hydrogen) atoms. The molecule has 1 saturated heterocycles. The van der Waals surface area contributed by atoms with Crippen molar-refractivity contribution < 1.29 is 10.2 Å². The minimum Gasteiger partial charge on any atom is -0.507 e. The van der Waals surface area contributed by atoms with Gasteiger partial charge in [-0.2, -0.15) is 0 Å². The maximum atomic E-state index is 10.2. The van der Waals surface area contributed by atoms with Crippen molar-refractivity contribution in [2.45, 2.75) is 56.6 Å². The number of aromatic hydroxyl groups is 1. The number of hydrogen-bond acceptors (Lipinski definition) is 3. The Hall–Kier alpha value is -0.580. The molecule has 1 aromatic rings. The van der Waals surface area contributed by atoms with Gasteiger partial charge in [-0.25, -0.2) is 0 Å². The number of phenols is 1. The summed E-state index contributed by atoms with van der Waals surface area (Å²) in [5.74, 6) is 0.875. The molecule has 1 saturated carbocycles. The van der Waals surface area contributed by atoms with Gasteiger partial charge < -0.3 is 10.2 Å². The average Bonchev–Trinajstić information content (AvgIpc) is 2.51. The summed E-state index contributed by atoms with van der Waals surface area (Å²) in [6.07, 6.45) is 6.70. The number of aliphatic hydroxyl groups is 1. The lowest BCUT2D eigenvalue weighted by Gasteiger charge is -2.41. The molecular formula is C17H24BrNO2. The summed E-state index contributed by atoms with van der Waals surface area (Å²) in [7, 11) is 0. The van der Waals surface area contributed by atoms with E-state index in [0.29, 0.717) is 17.7 Å². The molecule has 0 spiro atoms. The Labute approximate surface area is 135 Å². The Balaban J connectivity index is 1.60. The van der Waals surface area contributed by atoms with E-state index in [1.165, 1.54) is 18.4 Å². The first-order chi connectivity index (χ1) is 10.1. The lowest BCUT2D eigenvalue weighted by Crippen LogP contribution is -2.48. The predicted molar refractivity (Wildman–Crippen MR) is 87.6 cm³/mol. The zero-order valence-corrected chi connectivity index (χ0v) is 13.9. The topological polar surface area (TPSA) is 43.7 Å². The smallest absolute Gasteiger partial charge is 0.129 e. The van der Waals surface area contributed by atoms with E-state index in [1.807, 2.05) is 12.1 Å². The molecular weight excluding hydrogens is 330 g/mol. The Bertz CT molecular complexity index is 486. The van der Waals surface area contributed by atoms with Crippen LogP contribution in [0.2, 0.25) is 0 Å². The normalized spacial score (nSPS) is 28.7. The molecule has 1 aromatic carbocycles. The Morgan fingerprint density at radius 1 is 1.05 bits per heavy atom. The van der Waals surface area contributed by atoms with Crippen molar-refractivity contribution in [3.05, 3.63) is 28.2 Å². The van der Waals surface area contributed by atoms with Crippen molar-refractivity contribution in [2.24, 2.45) is 0 Å². The quantitative estimate of drug-likeness (QED) is 0.852. The number of nitrogens with zero attached hydrogens (tertiary/aromatic N) is 1. The molecule has 1 aliphatic carbocycles. The monoisotopic (exact) mass is 353 g/mol. The highest BCUT2D eigenvalue weighted by Gasteiger charge is 2.31. The number of halogens is 1. The summed E-state index contributed by atoms with van der Waals surface area (Å²) in [5, 5.41) is 19.8. The van der Waals surface area contributed by atoms with E-state index in [-0.39, 0.29) is 6.10 Å². The van der Waals surface area contributed by atoms with Crippen LogP contribution in [0.3, 0.4) is 0 Å². The van der Waals surface area contributed by atoms with E-state index in [2.05, 4.69) is 20.8 Å². The van der Waals surface area contributed by atoms with Crippen LogP contribution in [-0.2, 0) is 0 Å². The second kappa shape index (κ2) is 6.67. The summed E-state index contributed by atoms with van der Waals surface area (Å²) in [4.78, 5) is 2.50. The van der Waals surface area contributed by atoms with Crippen molar-refractivity contribution in [2.75, 3.05) is 13.1 Å². The van der Waals surface area contributed by atoms with Crippen LogP contribution >= 0.6 is 15.9 Å². The van der Waals surface area contributed by atoms with Gasteiger partial charge in [0.15, 0.2) is 0 Å². The summed E-state index contributed by atoms with van der Waals surface area (Å²) in [6.45, 7) is 2.15. The fourth-order valence-corrected chi connectivity index (χ4v) is 4.26. The molecule has 0 bridgehead atoms. The van der Waals surface area contributed by atoms with Gasteiger partial charge in [0.25, 0.3) is 0 Å². The molecule has 2 atom stereocenters. The number of rotatable bonds is 2. The van der Waals surface area contributed by atoms with Crippen molar-refractivity contribution in [1.82, 2.24) is 4.90 Å². The zero-order chi connectivity index (χ0) is 14.8. The molecule has 1 heterocycles. The van der Waals surface area contributed by atoms with Gasteiger partial charge in [0.05, 0.1) is 10.6 Å². The first-order valence-electron chi connectivity index (χ1n) is 8.05. The first-order valence-corrected chi connectivity index (χ1v) is 8.85. The third kappa shape index (κ3) is 3.43. The van der Waals surface area contributed by atoms with Gasteiger partial charge in [0, 0.05) is 6.04 Å². The molecule has 3 rings (SSSR count). The van der Waals surface area contributed by atoms with E-state index in [4.69, 9.17) is 0 Å². The SMILES string of the molecule is Oc1ccc(C2CCN([C@H]3CCCC[C@@H]3O)CC2)cc1Br. The molecule has 1 aliphatic heterocycles. The third-order valence-electron chi connectivity index (χ3n) is 5.14. The summed E-state index contributed by atoms with van der Waals surface area (Å²) >= 11 is 3.40. The zero-order valence-electron chi connectivity index (χ0n) is 12.3. The lowest BCUT2D eigenvalue weighted by atomic mass is 9.86. The van der Waals surface area contributed by atoms with Crippen molar-refractivity contribution in [3.63, 3.8) is 0 Å². The molecule has 0 aromatic heterocycles. The highest BCUT2D eigenvalue weighted by atomic mass is 79.9. The standard InChI is InChI=1S/C17H24BrNO2/c18-14-11-13(5-6-16(14)20)12-7-9-19(10-8-12)15-3-1-2-4-17(15)21/h5-6,11-12,15,17,20-21H,1-4,7-10H2/t15-,17-/m0/s1. The largest absolute Gasteiger partial charge is 0.507 e. The number of likely N-dealkylation sites (tertiary alicyclic amines) is 1. The van der Waals surface area contributed by atoms with E-state index in [1.54, 1.807) is 6.07 Å². The first kappa shape index (κ1) is 15.3. The number of benzene rings is 1. The summed E-state index contributed by atoms with van der Waals surface area (Å²) in [5.41, 5.74) is 1.31. The van der Waals surface area contributed by atoms with Crippen LogP contribution in [0.15, 0.2) is 22.7 Å². The molecule has 2 N–H and O–H groups in total. The van der Waals surface area contributed by atoms with Crippen LogP contribution in [0, 0.1) is 0 Å². The number of piperidine rings is 1. The van der Waals surface area contributed by atoms with Gasteiger partial charge in [0.1, 0.15) is 5.75 Å². The second-order valence-electron chi connectivity index (χ2n) is 6.44. The van der Waals surface area contributed by atoms with E-state index < -0.39 is 0 Å². The number of phenolic OH excluding ortho intramolecular Hbond substituents is 1. The van der Waals surface area contributed by atoms with Gasteiger partial charge in [-0.3, -0.25) is 4.90 Å².